The molecule has 6 nitrogen and oxygen atoms in total. The van der Waals surface area contributed by atoms with Gasteiger partial charge in [-0.2, -0.15) is 4.98 Å². The third-order valence-corrected chi connectivity index (χ3v) is 5.21. The van der Waals surface area contributed by atoms with Crippen LogP contribution in [0.3, 0.4) is 0 Å². The number of nitrogens with one attached hydrogen (secondary N) is 1. The molecule has 3 aromatic carbocycles. The van der Waals surface area contributed by atoms with Crippen LogP contribution in [0.4, 0.5) is 5.69 Å². The molecular formula is C23H20ClN3O3. The van der Waals surface area contributed by atoms with Crippen molar-refractivity contribution in [1.29, 1.82) is 0 Å². The minimum Gasteiger partial charge on any atom is -0.478 e. The summed E-state index contributed by atoms with van der Waals surface area (Å²) in [5, 5.41) is 9.89. The second-order valence-electron chi connectivity index (χ2n) is 7.22. The number of benzene rings is 3. The first kappa shape index (κ1) is 19.8. The van der Waals surface area contributed by atoms with Crippen LogP contribution in [-0.2, 0) is 0 Å². The van der Waals surface area contributed by atoms with Gasteiger partial charge in [-0.25, -0.2) is 4.79 Å². The van der Waals surface area contributed by atoms with E-state index in [2.05, 4.69) is 9.97 Å². The standard InChI is InChI=1S/C23H20ClN3O3/c1-13-4-9-16(10-17(13)22(28)29)30-23-25-20-11-18(19(24)12-21(20)26-23)14-5-7-15(8-6-14)27(2)3/h4-12H,1-3H3,(H,25,26)(H,28,29). The van der Waals surface area contributed by atoms with Gasteiger partial charge in [0.1, 0.15) is 5.75 Å². The van der Waals surface area contributed by atoms with Crippen molar-refractivity contribution in [3.05, 3.63) is 70.7 Å². The number of aromatic amines is 1. The topological polar surface area (TPSA) is 78.5 Å². The molecule has 1 aromatic heterocycles. The lowest BCUT2D eigenvalue weighted by Crippen LogP contribution is -2.07. The van der Waals surface area contributed by atoms with Crippen molar-refractivity contribution in [3.63, 3.8) is 0 Å². The number of hydrogen-bond acceptors (Lipinski definition) is 4. The summed E-state index contributed by atoms with van der Waals surface area (Å²) in [4.78, 5) is 20.9. The number of anilines is 1. The minimum atomic E-state index is -1.00. The Labute approximate surface area is 178 Å². The van der Waals surface area contributed by atoms with Crippen LogP contribution in [0.5, 0.6) is 11.8 Å². The maximum Gasteiger partial charge on any atom is 0.336 e. The van der Waals surface area contributed by atoms with E-state index in [9.17, 15) is 9.90 Å². The Balaban J connectivity index is 1.67. The van der Waals surface area contributed by atoms with E-state index in [0.717, 1.165) is 22.3 Å². The summed E-state index contributed by atoms with van der Waals surface area (Å²) in [7, 11) is 3.99. The predicted octanol–water partition coefficient (Wildman–Crippen LogP) is 5.75. The summed E-state index contributed by atoms with van der Waals surface area (Å²) >= 11 is 6.52. The average molecular weight is 422 g/mol. The molecule has 0 saturated carbocycles. The van der Waals surface area contributed by atoms with Gasteiger partial charge in [-0.1, -0.05) is 29.8 Å². The minimum absolute atomic E-state index is 0.190. The van der Waals surface area contributed by atoms with Crippen LogP contribution in [0, 0.1) is 6.92 Å². The van der Waals surface area contributed by atoms with Gasteiger partial charge < -0.3 is 19.7 Å². The number of ether oxygens (including phenoxy) is 1. The van der Waals surface area contributed by atoms with Gasteiger partial charge in [-0.05, 0) is 54.4 Å². The highest BCUT2D eigenvalue weighted by Crippen LogP contribution is 2.34. The number of fused-ring (bicyclic) bond motifs is 1. The summed E-state index contributed by atoms with van der Waals surface area (Å²) in [5.41, 5.74) is 5.25. The van der Waals surface area contributed by atoms with Gasteiger partial charge in [0.2, 0.25) is 0 Å². The zero-order valence-corrected chi connectivity index (χ0v) is 17.5. The van der Waals surface area contributed by atoms with Crippen molar-refractivity contribution < 1.29 is 14.6 Å². The number of carboxylic acids is 1. The van der Waals surface area contributed by atoms with Gasteiger partial charge in [-0.3, -0.25) is 0 Å². The maximum atomic E-state index is 11.3. The van der Waals surface area contributed by atoms with Crippen LogP contribution in [0.1, 0.15) is 15.9 Å². The lowest BCUT2D eigenvalue weighted by atomic mass is 10.0. The highest BCUT2D eigenvalue weighted by molar-refractivity contribution is 6.34. The number of rotatable bonds is 5. The van der Waals surface area contributed by atoms with Crippen LogP contribution in [0.15, 0.2) is 54.6 Å². The quantitative estimate of drug-likeness (QED) is 0.429. The largest absolute Gasteiger partial charge is 0.478 e. The van der Waals surface area contributed by atoms with Crippen LogP contribution >= 0.6 is 11.6 Å². The maximum absolute atomic E-state index is 11.3. The van der Waals surface area contributed by atoms with Gasteiger partial charge in [0.15, 0.2) is 0 Å². The fraction of sp³-hybridized carbons (Fsp3) is 0.130. The lowest BCUT2D eigenvalue weighted by Gasteiger charge is -2.13. The molecule has 0 saturated heterocycles. The first-order valence-corrected chi connectivity index (χ1v) is 9.68. The van der Waals surface area contributed by atoms with Crippen molar-refractivity contribution in [3.8, 4) is 22.9 Å². The molecule has 30 heavy (non-hydrogen) atoms. The van der Waals surface area contributed by atoms with E-state index in [4.69, 9.17) is 16.3 Å². The summed E-state index contributed by atoms with van der Waals surface area (Å²) in [6.07, 6.45) is 0. The van der Waals surface area contributed by atoms with Crippen molar-refractivity contribution in [2.24, 2.45) is 0 Å². The second-order valence-corrected chi connectivity index (χ2v) is 7.62. The molecule has 7 heteroatoms. The first-order valence-electron chi connectivity index (χ1n) is 9.30. The van der Waals surface area contributed by atoms with Crippen molar-refractivity contribution >= 4 is 34.3 Å². The van der Waals surface area contributed by atoms with Crippen LogP contribution in [0.25, 0.3) is 22.2 Å². The molecule has 152 valence electrons. The molecule has 0 fully saturated rings. The number of H-pyrrole nitrogens is 1. The number of carboxylic acid groups (broad SMARTS) is 1. The highest BCUT2D eigenvalue weighted by atomic mass is 35.5. The molecule has 0 unspecified atom stereocenters. The molecule has 0 bridgehead atoms. The zero-order valence-electron chi connectivity index (χ0n) is 16.7. The summed E-state index contributed by atoms with van der Waals surface area (Å²) < 4.78 is 5.76. The number of imidazole rings is 1. The number of halogens is 1. The fourth-order valence-corrected chi connectivity index (χ4v) is 3.50. The molecule has 2 N–H and O–H groups in total. The third-order valence-electron chi connectivity index (χ3n) is 4.90. The fourth-order valence-electron chi connectivity index (χ4n) is 3.22. The Morgan fingerprint density at radius 2 is 1.83 bits per heavy atom. The average Bonchev–Trinajstić information content (AvgIpc) is 3.09. The predicted molar refractivity (Wildman–Crippen MR) is 119 cm³/mol. The Morgan fingerprint density at radius 1 is 1.10 bits per heavy atom. The van der Waals surface area contributed by atoms with Crippen molar-refractivity contribution in [2.45, 2.75) is 6.92 Å². The van der Waals surface area contributed by atoms with Gasteiger partial charge in [0.05, 0.1) is 21.6 Å². The van der Waals surface area contributed by atoms with Gasteiger partial charge in [-0.15, -0.1) is 0 Å². The molecule has 4 rings (SSSR count). The number of hydrogen-bond donors (Lipinski definition) is 2. The summed E-state index contributed by atoms with van der Waals surface area (Å²) in [5.74, 6) is -0.609. The number of aromatic carboxylic acids is 1. The van der Waals surface area contributed by atoms with Crippen molar-refractivity contribution in [2.75, 3.05) is 19.0 Å². The number of aryl methyl sites for hydroxylation is 1. The summed E-state index contributed by atoms with van der Waals surface area (Å²) in [6, 6.07) is 17.0. The highest BCUT2D eigenvalue weighted by Gasteiger charge is 2.13. The molecule has 0 atom stereocenters. The van der Waals surface area contributed by atoms with E-state index < -0.39 is 5.97 Å². The zero-order chi connectivity index (χ0) is 21.4. The molecule has 0 aliphatic carbocycles. The van der Waals surface area contributed by atoms with E-state index in [1.807, 2.05) is 55.4 Å². The van der Waals surface area contributed by atoms with E-state index in [-0.39, 0.29) is 11.6 Å². The molecule has 0 radical (unpaired) electrons. The summed E-state index contributed by atoms with van der Waals surface area (Å²) in [6.45, 7) is 1.74. The molecular weight excluding hydrogens is 402 g/mol. The van der Waals surface area contributed by atoms with Gasteiger partial charge >= 0.3 is 5.97 Å². The Kier molecular flexibility index (Phi) is 5.10. The second kappa shape index (κ2) is 7.72. The molecule has 0 spiro atoms. The van der Waals surface area contributed by atoms with Crippen LogP contribution in [0.2, 0.25) is 5.02 Å². The molecule has 4 aromatic rings. The molecule has 0 aliphatic rings. The normalized spacial score (nSPS) is 10.9. The van der Waals surface area contributed by atoms with Gasteiger partial charge in [0, 0.05) is 25.3 Å². The molecule has 0 amide bonds. The van der Waals surface area contributed by atoms with Crippen molar-refractivity contribution in [1.82, 2.24) is 9.97 Å². The molecule has 1 heterocycles. The van der Waals surface area contributed by atoms with Gasteiger partial charge in [0.25, 0.3) is 6.01 Å². The molecule has 0 aliphatic heterocycles. The number of carbonyl (C=O) groups is 1. The Morgan fingerprint density at radius 3 is 2.50 bits per heavy atom. The Bertz CT molecular complexity index is 1250. The Hall–Kier alpha value is -3.51. The lowest BCUT2D eigenvalue weighted by molar-refractivity contribution is 0.0695. The smallest absolute Gasteiger partial charge is 0.336 e. The first-order chi connectivity index (χ1) is 14.3. The monoisotopic (exact) mass is 421 g/mol. The number of nitrogens with zero attached hydrogens (tertiary/aromatic N) is 2. The van der Waals surface area contributed by atoms with E-state index in [1.54, 1.807) is 19.1 Å². The SMILES string of the molecule is Cc1ccc(Oc2nc3cc(-c4ccc(N(C)C)cc4)c(Cl)cc3[nH]2)cc1C(=O)O. The van der Waals surface area contributed by atoms with Crippen LogP contribution in [-0.4, -0.2) is 35.1 Å². The van der Waals surface area contributed by atoms with E-state index in [0.29, 0.717) is 21.9 Å². The van der Waals surface area contributed by atoms with Crippen LogP contribution < -0.4 is 9.64 Å². The third kappa shape index (κ3) is 3.82. The number of aromatic nitrogens is 2. The van der Waals surface area contributed by atoms with E-state index >= 15 is 0 Å². The van der Waals surface area contributed by atoms with E-state index in [1.165, 1.54) is 6.07 Å².